The van der Waals surface area contributed by atoms with Gasteiger partial charge in [-0.05, 0) is 26.0 Å². The van der Waals surface area contributed by atoms with Crippen LogP contribution < -0.4 is 10.6 Å². The van der Waals surface area contributed by atoms with Gasteiger partial charge in [0.25, 0.3) is 0 Å². The van der Waals surface area contributed by atoms with E-state index in [0.29, 0.717) is 11.4 Å². The smallest absolute Gasteiger partial charge is 0.155 e. The van der Waals surface area contributed by atoms with E-state index in [1.165, 1.54) is 0 Å². The molecule has 0 amide bonds. The summed E-state index contributed by atoms with van der Waals surface area (Å²) in [6.07, 6.45) is 0. The Morgan fingerprint density at radius 1 is 1.25 bits per heavy atom. The van der Waals surface area contributed by atoms with E-state index in [9.17, 15) is 5.26 Å². The van der Waals surface area contributed by atoms with Gasteiger partial charge in [0.2, 0.25) is 0 Å². The molecule has 0 atom stereocenters. The number of para-hydroxylation sites is 2. The summed E-state index contributed by atoms with van der Waals surface area (Å²) in [7, 11) is 1.93. The van der Waals surface area contributed by atoms with Crippen molar-refractivity contribution >= 4 is 16.6 Å². The highest BCUT2D eigenvalue weighted by molar-refractivity contribution is 5.84. The number of hydrogen-bond donors (Lipinski definition) is 2. The number of aromatic nitrogens is 2. The van der Waals surface area contributed by atoms with Gasteiger partial charge in [-0.15, -0.1) is 0 Å². The first-order chi connectivity index (χ1) is 9.72. The predicted molar refractivity (Wildman–Crippen MR) is 80.6 cm³/mol. The fourth-order valence-corrected chi connectivity index (χ4v) is 2.18. The van der Waals surface area contributed by atoms with E-state index >= 15 is 0 Å². The summed E-state index contributed by atoms with van der Waals surface area (Å²) in [6.45, 7) is 5.50. The van der Waals surface area contributed by atoms with Crippen molar-refractivity contribution in [1.29, 1.82) is 5.26 Å². The summed E-state index contributed by atoms with van der Waals surface area (Å²) in [5.41, 5.74) is 2.44. The van der Waals surface area contributed by atoms with Crippen LogP contribution in [0.15, 0.2) is 30.1 Å². The molecule has 104 valence electrons. The van der Waals surface area contributed by atoms with E-state index in [4.69, 9.17) is 0 Å². The molecule has 5 heteroatoms. The van der Waals surface area contributed by atoms with E-state index in [1.807, 2.05) is 49.7 Å². The number of benzene rings is 1. The molecule has 0 saturated carbocycles. The minimum absolute atomic E-state index is 0.535. The van der Waals surface area contributed by atoms with Gasteiger partial charge in [0.05, 0.1) is 11.0 Å². The topological polar surface area (TPSA) is 65.7 Å². The predicted octanol–water partition coefficient (Wildman–Crippen LogP) is 1.98. The molecule has 2 rings (SSSR count). The lowest BCUT2D eigenvalue weighted by atomic mass is 10.2. The first-order valence-corrected chi connectivity index (χ1v) is 6.76. The first kappa shape index (κ1) is 13.9. The highest BCUT2D eigenvalue weighted by Gasteiger charge is 2.15. The monoisotopic (exact) mass is 269 g/mol. The van der Waals surface area contributed by atoms with Gasteiger partial charge in [0, 0.05) is 20.1 Å². The second kappa shape index (κ2) is 6.11. The minimum atomic E-state index is 0.535. The molecule has 0 aliphatic carbocycles. The van der Waals surface area contributed by atoms with Crippen molar-refractivity contribution in [3.05, 3.63) is 35.9 Å². The maximum Gasteiger partial charge on any atom is 0.155 e. The van der Waals surface area contributed by atoms with Crippen molar-refractivity contribution in [2.45, 2.75) is 13.8 Å². The highest BCUT2D eigenvalue weighted by atomic mass is 15.1. The largest absolute Gasteiger partial charge is 0.371 e. The van der Waals surface area contributed by atoms with Crippen LogP contribution in [-0.2, 0) is 7.05 Å². The Balaban J connectivity index is 2.62. The average molecular weight is 269 g/mol. The van der Waals surface area contributed by atoms with Crippen LogP contribution in [0, 0.1) is 11.3 Å². The second-order valence-electron chi connectivity index (χ2n) is 4.41. The number of nitrogens with one attached hydrogen (secondary N) is 2. The zero-order chi connectivity index (χ0) is 14.5. The molecule has 2 N–H and O–H groups in total. The maximum absolute atomic E-state index is 9.51. The lowest BCUT2D eigenvalue weighted by molar-refractivity contribution is 0.722. The number of nitriles is 1. The third-order valence-corrected chi connectivity index (χ3v) is 3.08. The van der Waals surface area contributed by atoms with E-state index in [1.54, 1.807) is 0 Å². The molecule has 0 bridgehead atoms. The first-order valence-electron chi connectivity index (χ1n) is 6.76. The standard InChI is InChI=1S/C15H19N5/c1-4-17-14(18-5-2)11(10-16)15-19-12-8-6-7-9-13(12)20(15)3/h6-9,17-18H,4-5H2,1-3H3. The molecule has 0 fully saturated rings. The van der Waals surface area contributed by atoms with Crippen LogP contribution in [0.25, 0.3) is 16.6 Å². The van der Waals surface area contributed by atoms with E-state index in [2.05, 4.69) is 21.7 Å². The van der Waals surface area contributed by atoms with E-state index in [0.717, 1.165) is 29.9 Å². The highest BCUT2D eigenvalue weighted by Crippen LogP contribution is 2.21. The molecule has 0 aliphatic heterocycles. The van der Waals surface area contributed by atoms with Crippen molar-refractivity contribution in [2.24, 2.45) is 7.05 Å². The number of imidazole rings is 1. The molecule has 0 radical (unpaired) electrons. The average Bonchev–Trinajstić information content (AvgIpc) is 2.78. The number of nitrogens with zero attached hydrogens (tertiary/aromatic N) is 3. The quantitative estimate of drug-likeness (QED) is 0.815. The minimum Gasteiger partial charge on any atom is -0.371 e. The second-order valence-corrected chi connectivity index (χ2v) is 4.41. The SMILES string of the molecule is CCNC(NCC)=C(C#N)c1nc2ccccc2n1C. The van der Waals surface area contributed by atoms with Crippen molar-refractivity contribution in [3.8, 4) is 6.07 Å². The zero-order valence-corrected chi connectivity index (χ0v) is 12.1. The number of fused-ring (bicyclic) bond motifs is 1. The summed E-state index contributed by atoms with van der Waals surface area (Å²) in [5.74, 6) is 1.40. The number of allylic oxidation sites excluding steroid dienone is 1. The third-order valence-electron chi connectivity index (χ3n) is 3.08. The van der Waals surface area contributed by atoms with Crippen LogP contribution in [0.1, 0.15) is 19.7 Å². The van der Waals surface area contributed by atoms with Crippen molar-refractivity contribution < 1.29 is 0 Å². The summed E-state index contributed by atoms with van der Waals surface area (Å²) in [6, 6.07) is 10.1. The Morgan fingerprint density at radius 3 is 2.45 bits per heavy atom. The number of hydrogen-bond acceptors (Lipinski definition) is 4. The number of rotatable bonds is 5. The Bertz CT molecular complexity index is 667. The van der Waals surface area contributed by atoms with Gasteiger partial charge in [-0.25, -0.2) is 4.98 Å². The van der Waals surface area contributed by atoms with Crippen LogP contribution in [0.5, 0.6) is 0 Å². The van der Waals surface area contributed by atoms with Crippen molar-refractivity contribution in [1.82, 2.24) is 20.2 Å². The van der Waals surface area contributed by atoms with Gasteiger partial charge in [-0.2, -0.15) is 5.26 Å². The number of aryl methyl sites for hydroxylation is 1. The van der Waals surface area contributed by atoms with Crippen LogP contribution >= 0.6 is 0 Å². The van der Waals surface area contributed by atoms with Gasteiger partial charge >= 0.3 is 0 Å². The maximum atomic E-state index is 9.51. The van der Waals surface area contributed by atoms with Crippen molar-refractivity contribution in [3.63, 3.8) is 0 Å². The summed E-state index contributed by atoms with van der Waals surface area (Å²) in [4.78, 5) is 4.57. The Hall–Kier alpha value is -2.48. The molecule has 2 aromatic rings. The summed E-state index contributed by atoms with van der Waals surface area (Å²) >= 11 is 0. The normalized spacial score (nSPS) is 10.1. The van der Waals surface area contributed by atoms with Gasteiger partial charge in [-0.3, -0.25) is 0 Å². The van der Waals surface area contributed by atoms with Gasteiger partial charge in [0.1, 0.15) is 17.5 Å². The summed E-state index contributed by atoms with van der Waals surface area (Å²) in [5, 5.41) is 15.9. The molecular formula is C15H19N5. The van der Waals surface area contributed by atoms with E-state index in [-0.39, 0.29) is 0 Å². The van der Waals surface area contributed by atoms with Crippen molar-refractivity contribution in [2.75, 3.05) is 13.1 Å². The van der Waals surface area contributed by atoms with Gasteiger partial charge < -0.3 is 15.2 Å². The fourth-order valence-electron chi connectivity index (χ4n) is 2.18. The van der Waals surface area contributed by atoms with E-state index < -0.39 is 0 Å². The Labute approximate surface area is 118 Å². The summed E-state index contributed by atoms with van der Waals surface area (Å²) < 4.78 is 1.95. The molecule has 0 unspecified atom stereocenters. The molecule has 1 aromatic carbocycles. The molecule has 1 aromatic heterocycles. The van der Waals surface area contributed by atoms with Gasteiger partial charge in [-0.1, -0.05) is 12.1 Å². The fraction of sp³-hybridized carbons (Fsp3) is 0.333. The molecule has 5 nitrogen and oxygen atoms in total. The Morgan fingerprint density at radius 2 is 1.90 bits per heavy atom. The third kappa shape index (κ3) is 2.45. The molecule has 1 heterocycles. The van der Waals surface area contributed by atoms with Crippen LogP contribution in [0.4, 0.5) is 0 Å². The van der Waals surface area contributed by atoms with Crippen LogP contribution in [-0.4, -0.2) is 22.6 Å². The molecule has 0 aliphatic rings. The lowest BCUT2D eigenvalue weighted by Gasteiger charge is -2.13. The van der Waals surface area contributed by atoms with Crippen LogP contribution in [0.2, 0.25) is 0 Å². The lowest BCUT2D eigenvalue weighted by Crippen LogP contribution is -2.28. The molecular weight excluding hydrogens is 250 g/mol. The molecule has 0 saturated heterocycles. The zero-order valence-electron chi connectivity index (χ0n) is 12.1. The van der Waals surface area contributed by atoms with Gasteiger partial charge in [0.15, 0.2) is 5.82 Å². The molecule has 20 heavy (non-hydrogen) atoms. The van der Waals surface area contributed by atoms with Crippen LogP contribution in [0.3, 0.4) is 0 Å². The Kier molecular flexibility index (Phi) is 4.26. The molecule has 0 spiro atoms.